The van der Waals surface area contributed by atoms with Gasteiger partial charge in [0.05, 0.1) is 23.4 Å². The second-order valence-electron chi connectivity index (χ2n) is 5.07. The van der Waals surface area contributed by atoms with Gasteiger partial charge in [0.2, 0.25) is 0 Å². The molecule has 3 aromatic rings. The number of carbonyl (C=O) groups is 1. The lowest BCUT2D eigenvalue weighted by Gasteiger charge is -2.08. The molecule has 10 nitrogen and oxygen atoms in total. The minimum Gasteiger partial charge on any atom is -0.487 e. The van der Waals surface area contributed by atoms with Gasteiger partial charge in [-0.3, -0.25) is 14.9 Å². The van der Waals surface area contributed by atoms with Crippen molar-refractivity contribution in [2.24, 2.45) is 0 Å². The molecular formula is C16H14N6O4. The molecule has 10 heteroatoms. The van der Waals surface area contributed by atoms with Gasteiger partial charge in [0.25, 0.3) is 5.91 Å². The van der Waals surface area contributed by atoms with Crippen LogP contribution >= 0.6 is 0 Å². The van der Waals surface area contributed by atoms with Crippen LogP contribution in [0, 0.1) is 10.1 Å². The van der Waals surface area contributed by atoms with E-state index in [0.717, 1.165) is 0 Å². The standard InChI is InChI=1S/C16H14N6O4/c1-2-26-14-5-3-11(7-13(14)22(24)25)16(23)20-12-4-6-15(18-8-12)21-10-17-9-19-21/h3-10H,2H2,1H3,(H,20,23). The largest absolute Gasteiger partial charge is 0.487 e. The lowest BCUT2D eigenvalue weighted by Crippen LogP contribution is -2.13. The molecule has 0 fully saturated rings. The summed E-state index contributed by atoms with van der Waals surface area (Å²) in [6.45, 7) is 2.01. The van der Waals surface area contributed by atoms with Crippen LogP contribution in [0.25, 0.3) is 5.82 Å². The number of rotatable bonds is 6. The van der Waals surface area contributed by atoms with Crippen molar-refractivity contribution in [3.05, 3.63) is 64.9 Å². The van der Waals surface area contributed by atoms with Gasteiger partial charge in [-0.2, -0.15) is 5.10 Å². The first-order chi connectivity index (χ1) is 12.6. The minimum absolute atomic E-state index is 0.118. The highest BCUT2D eigenvalue weighted by Crippen LogP contribution is 2.28. The fourth-order valence-electron chi connectivity index (χ4n) is 2.20. The highest BCUT2D eigenvalue weighted by Gasteiger charge is 2.18. The maximum absolute atomic E-state index is 12.3. The summed E-state index contributed by atoms with van der Waals surface area (Å²) in [7, 11) is 0. The van der Waals surface area contributed by atoms with Crippen molar-refractivity contribution in [3.63, 3.8) is 0 Å². The summed E-state index contributed by atoms with van der Waals surface area (Å²) in [6, 6.07) is 7.35. The molecule has 2 heterocycles. The number of hydrogen-bond acceptors (Lipinski definition) is 7. The average Bonchev–Trinajstić information content (AvgIpc) is 3.17. The molecule has 0 spiro atoms. The van der Waals surface area contributed by atoms with Gasteiger partial charge in [0, 0.05) is 11.6 Å². The third-order valence-corrected chi connectivity index (χ3v) is 3.38. The molecule has 0 aliphatic carbocycles. The topological polar surface area (TPSA) is 125 Å². The maximum Gasteiger partial charge on any atom is 0.311 e. The van der Waals surface area contributed by atoms with Gasteiger partial charge in [-0.25, -0.2) is 14.6 Å². The molecule has 1 N–H and O–H groups in total. The summed E-state index contributed by atoms with van der Waals surface area (Å²) in [5.74, 6) is 0.163. The first kappa shape index (κ1) is 17.0. The Hall–Kier alpha value is -3.82. The zero-order valence-electron chi connectivity index (χ0n) is 13.7. The number of carbonyl (C=O) groups excluding carboxylic acids is 1. The number of nitrogens with one attached hydrogen (secondary N) is 1. The van der Waals surface area contributed by atoms with E-state index in [1.165, 1.54) is 41.7 Å². The first-order valence-electron chi connectivity index (χ1n) is 7.62. The number of nitro benzene ring substituents is 1. The van der Waals surface area contributed by atoms with Crippen LogP contribution in [-0.4, -0.2) is 37.2 Å². The lowest BCUT2D eigenvalue weighted by atomic mass is 10.1. The quantitative estimate of drug-likeness (QED) is 0.531. The van der Waals surface area contributed by atoms with Gasteiger partial charge >= 0.3 is 5.69 Å². The normalized spacial score (nSPS) is 10.3. The van der Waals surface area contributed by atoms with Crippen molar-refractivity contribution in [1.29, 1.82) is 0 Å². The van der Waals surface area contributed by atoms with Crippen molar-refractivity contribution >= 4 is 17.3 Å². The molecule has 2 aromatic heterocycles. The Balaban J connectivity index is 1.77. The van der Waals surface area contributed by atoms with E-state index in [2.05, 4.69) is 20.4 Å². The van der Waals surface area contributed by atoms with Crippen molar-refractivity contribution in [3.8, 4) is 11.6 Å². The molecule has 0 unspecified atom stereocenters. The molecule has 0 radical (unpaired) electrons. The number of amides is 1. The predicted molar refractivity (Wildman–Crippen MR) is 91.4 cm³/mol. The summed E-state index contributed by atoms with van der Waals surface area (Å²) in [4.78, 5) is 30.9. The van der Waals surface area contributed by atoms with E-state index in [0.29, 0.717) is 11.5 Å². The molecule has 3 rings (SSSR count). The second kappa shape index (κ2) is 7.38. The zero-order chi connectivity index (χ0) is 18.5. The van der Waals surface area contributed by atoms with Gasteiger partial charge in [-0.1, -0.05) is 0 Å². The van der Waals surface area contributed by atoms with E-state index in [4.69, 9.17) is 4.74 Å². The summed E-state index contributed by atoms with van der Waals surface area (Å²) in [5, 5.41) is 17.7. The second-order valence-corrected chi connectivity index (χ2v) is 5.07. The van der Waals surface area contributed by atoms with E-state index in [1.54, 1.807) is 19.1 Å². The van der Waals surface area contributed by atoms with Gasteiger partial charge in [-0.15, -0.1) is 0 Å². The van der Waals surface area contributed by atoms with Crippen LogP contribution in [0.1, 0.15) is 17.3 Å². The SMILES string of the molecule is CCOc1ccc(C(=O)Nc2ccc(-n3cncn3)nc2)cc1[N+](=O)[O-]. The lowest BCUT2D eigenvalue weighted by molar-refractivity contribution is -0.385. The van der Waals surface area contributed by atoms with E-state index in [-0.39, 0.29) is 23.6 Å². The van der Waals surface area contributed by atoms with E-state index >= 15 is 0 Å². The monoisotopic (exact) mass is 354 g/mol. The number of nitro groups is 1. The maximum atomic E-state index is 12.3. The Morgan fingerprint density at radius 3 is 2.81 bits per heavy atom. The smallest absolute Gasteiger partial charge is 0.311 e. The third kappa shape index (κ3) is 3.64. The van der Waals surface area contributed by atoms with Crippen LogP contribution in [-0.2, 0) is 0 Å². The van der Waals surface area contributed by atoms with Gasteiger partial charge in [0.15, 0.2) is 11.6 Å². The van der Waals surface area contributed by atoms with E-state index in [9.17, 15) is 14.9 Å². The van der Waals surface area contributed by atoms with Crippen molar-refractivity contribution in [2.45, 2.75) is 6.92 Å². The average molecular weight is 354 g/mol. The predicted octanol–water partition coefficient (Wildman–Crippen LogP) is 2.22. The summed E-state index contributed by atoms with van der Waals surface area (Å²) in [6.07, 6.45) is 4.34. The molecular weight excluding hydrogens is 340 g/mol. The summed E-state index contributed by atoms with van der Waals surface area (Å²) < 4.78 is 6.68. The van der Waals surface area contributed by atoms with Crippen LogP contribution in [0.2, 0.25) is 0 Å². The highest BCUT2D eigenvalue weighted by molar-refractivity contribution is 6.04. The van der Waals surface area contributed by atoms with Gasteiger partial charge in [0.1, 0.15) is 12.7 Å². The molecule has 1 amide bonds. The van der Waals surface area contributed by atoms with Crippen LogP contribution in [0.5, 0.6) is 5.75 Å². The number of hydrogen-bond donors (Lipinski definition) is 1. The zero-order valence-corrected chi connectivity index (χ0v) is 13.7. The minimum atomic E-state index is -0.587. The molecule has 0 aliphatic heterocycles. The highest BCUT2D eigenvalue weighted by atomic mass is 16.6. The Bertz CT molecular complexity index is 924. The number of aromatic nitrogens is 4. The Morgan fingerprint density at radius 2 is 2.19 bits per heavy atom. The molecule has 0 saturated carbocycles. The molecule has 0 bridgehead atoms. The van der Waals surface area contributed by atoms with E-state index in [1.807, 2.05) is 0 Å². The molecule has 0 aliphatic rings. The molecule has 0 saturated heterocycles. The number of ether oxygens (including phenoxy) is 1. The molecule has 0 atom stereocenters. The van der Waals surface area contributed by atoms with Gasteiger partial charge < -0.3 is 10.1 Å². The Kier molecular flexibility index (Phi) is 4.83. The number of anilines is 1. The van der Waals surface area contributed by atoms with E-state index < -0.39 is 10.8 Å². The van der Waals surface area contributed by atoms with Crippen LogP contribution in [0.3, 0.4) is 0 Å². The Morgan fingerprint density at radius 1 is 1.35 bits per heavy atom. The van der Waals surface area contributed by atoms with Crippen LogP contribution < -0.4 is 10.1 Å². The molecule has 1 aromatic carbocycles. The first-order valence-corrected chi connectivity index (χ1v) is 7.62. The molecule has 132 valence electrons. The van der Waals surface area contributed by atoms with Gasteiger partial charge in [-0.05, 0) is 31.2 Å². The Labute approximate surface area is 147 Å². The summed E-state index contributed by atoms with van der Waals surface area (Å²) >= 11 is 0. The number of benzene rings is 1. The third-order valence-electron chi connectivity index (χ3n) is 3.38. The summed E-state index contributed by atoms with van der Waals surface area (Å²) in [5.41, 5.74) is 0.315. The fourth-order valence-corrected chi connectivity index (χ4v) is 2.20. The number of nitrogens with zero attached hydrogens (tertiary/aromatic N) is 5. The van der Waals surface area contributed by atoms with Crippen molar-refractivity contribution in [1.82, 2.24) is 19.7 Å². The number of pyridine rings is 1. The van der Waals surface area contributed by atoms with Crippen LogP contribution in [0.4, 0.5) is 11.4 Å². The fraction of sp³-hybridized carbons (Fsp3) is 0.125. The van der Waals surface area contributed by atoms with Crippen LogP contribution in [0.15, 0.2) is 49.2 Å². The molecule has 26 heavy (non-hydrogen) atoms. The van der Waals surface area contributed by atoms with Crippen molar-refractivity contribution in [2.75, 3.05) is 11.9 Å². The van der Waals surface area contributed by atoms with Crippen molar-refractivity contribution < 1.29 is 14.5 Å².